The number of nitrogens with one attached hydrogen (secondary N) is 1. The molecule has 3 N–H and O–H groups in total. The lowest BCUT2D eigenvalue weighted by Gasteiger charge is -2.14. The minimum atomic E-state index is 0.0329. The van der Waals surface area contributed by atoms with Crippen LogP contribution < -0.4 is 15.8 Å². The van der Waals surface area contributed by atoms with Crippen LogP contribution in [0.2, 0.25) is 0 Å². The lowest BCUT2D eigenvalue weighted by molar-refractivity contribution is -0.121. The molecule has 0 fully saturated rings. The third-order valence-electron chi connectivity index (χ3n) is 3.27. The Hall–Kier alpha value is -1.55. The van der Waals surface area contributed by atoms with E-state index in [0.29, 0.717) is 13.0 Å². The predicted octanol–water partition coefficient (Wildman–Crippen LogP) is 1.71. The number of benzene rings is 1. The normalized spacial score (nSPS) is 12.1. The van der Waals surface area contributed by atoms with Crippen LogP contribution in [0.25, 0.3) is 0 Å². The number of carbonyl (C=O) groups excluding carboxylic acids is 1. The van der Waals surface area contributed by atoms with Crippen LogP contribution >= 0.6 is 0 Å². The number of amides is 1. The maximum absolute atomic E-state index is 11.7. The Bertz CT molecular complexity index is 421. The molecule has 0 radical (unpaired) electrons. The van der Waals surface area contributed by atoms with E-state index in [-0.39, 0.29) is 11.9 Å². The van der Waals surface area contributed by atoms with Crippen LogP contribution in [0.3, 0.4) is 0 Å². The zero-order valence-electron chi connectivity index (χ0n) is 12.2. The summed E-state index contributed by atoms with van der Waals surface area (Å²) in [7, 11) is 1.66. The Labute approximate surface area is 115 Å². The van der Waals surface area contributed by atoms with E-state index in [2.05, 4.69) is 5.32 Å². The van der Waals surface area contributed by atoms with Crippen molar-refractivity contribution in [3.63, 3.8) is 0 Å². The first-order valence-electron chi connectivity index (χ1n) is 6.61. The van der Waals surface area contributed by atoms with E-state index in [1.807, 2.05) is 32.9 Å². The molecule has 1 unspecified atom stereocenters. The molecule has 0 aliphatic carbocycles. The van der Waals surface area contributed by atoms with Crippen molar-refractivity contribution in [3.05, 3.63) is 28.8 Å². The van der Waals surface area contributed by atoms with Gasteiger partial charge in [-0.25, -0.2) is 0 Å². The van der Waals surface area contributed by atoms with Crippen LogP contribution in [0.5, 0.6) is 5.75 Å². The molecule has 0 spiro atoms. The summed E-state index contributed by atoms with van der Waals surface area (Å²) in [6, 6.07) is 4.04. The fourth-order valence-electron chi connectivity index (χ4n) is 2.11. The standard InChI is InChI=1S/C15H24N2O2/c1-10-7-13(19-4)8-11(2)14(10)5-6-15(18)17-12(3)9-16/h7-8,12H,5-6,9,16H2,1-4H3,(H,17,18). The van der Waals surface area contributed by atoms with Gasteiger partial charge in [0, 0.05) is 19.0 Å². The average molecular weight is 264 g/mol. The minimum Gasteiger partial charge on any atom is -0.497 e. The topological polar surface area (TPSA) is 64.3 Å². The van der Waals surface area contributed by atoms with Crippen LogP contribution in [0.4, 0.5) is 0 Å². The minimum absolute atomic E-state index is 0.0329. The van der Waals surface area contributed by atoms with Gasteiger partial charge in [0.05, 0.1) is 7.11 Å². The summed E-state index contributed by atoms with van der Waals surface area (Å²) >= 11 is 0. The smallest absolute Gasteiger partial charge is 0.220 e. The highest BCUT2D eigenvalue weighted by molar-refractivity contribution is 5.76. The van der Waals surface area contributed by atoms with Gasteiger partial charge in [-0.2, -0.15) is 0 Å². The number of hydrogen-bond donors (Lipinski definition) is 2. The summed E-state index contributed by atoms with van der Waals surface area (Å²) in [5, 5.41) is 2.87. The van der Waals surface area contributed by atoms with Crippen LogP contribution in [0.1, 0.15) is 30.0 Å². The molecule has 4 heteroatoms. The molecule has 0 aliphatic rings. The molecule has 1 atom stereocenters. The largest absolute Gasteiger partial charge is 0.497 e. The van der Waals surface area contributed by atoms with Crippen molar-refractivity contribution >= 4 is 5.91 Å². The molecule has 1 aromatic carbocycles. The van der Waals surface area contributed by atoms with Gasteiger partial charge >= 0.3 is 0 Å². The van der Waals surface area contributed by atoms with Crippen molar-refractivity contribution < 1.29 is 9.53 Å². The molecule has 1 aromatic rings. The molecule has 0 aliphatic heterocycles. The summed E-state index contributed by atoms with van der Waals surface area (Å²) in [5.74, 6) is 0.910. The SMILES string of the molecule is COc1cc(C)c(CCC(=O)NC(C)CN)c(C)c1. The van der Waals surface area contributed by atoms with Crippen LogP contribution in [0, 0.1) is 13.8 Å². The van der Waals surface area contributed by atoms with Gasteiger partial charge in [-0.1, -0.05) is 0 Å². The van der Waals surface area contributed by atoms with E-state index >= 15 is 0 Å². The van der Waals surface area contributed by atoms with Gasteiger partial charge in [-0.3, -0.25) is 4.79 Å². The first kappa shape index (κ1) is 15.5. The van der Waals surface area contributed by atoms with Crippen LogP contribution in [-0.2, 0) is 11.2 Å². The molecule has 0 bridgehead atoms. The molecular formula is C15H24N2O2. The number of hydrogen-bond acceptors (Lipinski definition) is 3. The third-order valence-corrected chi connectivity index (χ3v) is 3.27. The average Bonchev–Trinajstić information content (AvgIpc) is 2.37. The monoisotopic (exact) mass is 264 g/mol. The molecule has 1 amide bonds. The summed E-state index contributed by atoms with van der Waals surface area (Å²) in [6.45, 7) is 6.46. The zero-order valence-corrected chi connectivity index (χ0v) is 12.2. The first-order chi connectivity index (χ1) is 8.97. The highest BCUT2D eigenvalue weighted by atomic mass is 16.5. The lowest BCUT2D eigenvalue weighted by atomic mass is 9.98. The number of carbonyl (C=O) groups is 1. The molecular weight excluding hydrogens is 240 g/mol. The molecule has 0 aromatic heterocycles. The molecule has 4 nitrogen and oxygen atoms in total. The second-order valence-corrected chi connectivity index (χ2v) is 4.94. The van der Waals surface area contributed by atoms with Crippen molar-refractivity contribution in [2.75, 3.05) is 13.7 Å². The Kier molecular flexibility index (Phi) is 5.83. The number of methoxy groups -OCH3 is 1. The second-order valence-electron chi connectivity index (χ2n) is 4.94. The zero-order chi connectivity index (χ0) is 14.4. The quantitative estimate of drug-likeness (QED) is 0.822. The summed E-state index contributed by atoms with van der Waals surface area (Å²) < 4.78 is 5.23. The Balaban J connectivity index is 2.65. The number of rotatable bonds is 6. The fraction of sp³-hybridized carbons (Fsp3) is 0.533. The maximum atomic E-state index is 11.7. The van der Waals surface area contributed by atoms with Gasteiger partial charge in [-0.05, 0) is 56.0 Å². The van der Waals surface area contributed by atoms with Gasteiger partial charge in [0.25, 0.3) is 0 Å². The number of aryl methyl sites for hydroxylation is 2. The number of ether oxygens (including phenoxy) is 1. The van der Waals surface area contributed by atoms with Gasteiger partial charge < -0.3 is 15.8 Å². The van der Waals surface area contributed by atoms with Crippen molar-refractivity contribution in [2.24, 2.45) is 5.73 Å². The van der Waals surface area contributed by atoms with E-state index in [9.17, 15) is 4.79 Å². The highest BCUT2D eigenvalue weighted by Gasteiger charge is 2.10. The first-order valence-corrected chi connectivity index (χ1v) is 6.61. The van der Waals surface area contributed by atoms with Crippen molar-refractivity contribution in [1.29, 1.82) is 0 Å². The van der Waals surface area contributed by atoms with Gasteiger partial charge in [-0.15, -0.1) is 0 Å². The van der Waals surface area contributed by atoms with Crippen molar-refractivity contribution in [1.82, 2.24) is 5.32 Å². The highest BCUT2D eigenvalue weighted by Crippen LogP contribution is 2.22. The van der Waals surface area contributed by atoms with E-state index in [0.717, 1.165) is 23.3 Å². The summed E-state index contributed by atoms with van der Waals surface area (Å²) in [6.07, 6.45) is 1.23. The maximum Gasteiger partial charge on any atom is 0.220 e. The molecule has 106 valence electrons. The van der Waals surface area contributed by atoms with Crippen LogP contribution in [0.15, 0.2) is 12.1 Å². The van der Waals surface area contributed by atoms with Gasteiger partial charge in [0.2, 0.25) is 5.91 Å². The second kappa shape index (κ2) is 7.14. The Morgan fingerprint density at radius 2 is 1.95 bits per heavy atom. The lowest BCUT2D eigenvalue weighted by Crippen LogP contribution is -2.37. The number of nitrogens with two attached hydrogens (primary N) is 1. The Morgan fingerprint density at radius 3 is 2.42 bits per heavy atom. The Morgan fingerprint density at radius 1 is 1.37 bits per heavy atom. The van der Waals surface area contributed by atoms with Crippen molar-refractivity contribution in [3.8, 4) is 5.75 Å². The predicted molar refractivity (Wildman–Crippen MR) is 77.4 cm³/mol. The molecule has 19 heavy (non-hydrogen) atoms. The van der Waals surface area contributed by atoms with E-state index < -0.39 is 0 Å². The van der Waals surface area contributed by atoms with E-state index in [1.54, 1.807) is 7.11 Å². The molecule has 0 heterocycles. The van der Waals surface area contributed by atoms with Gasteiger partial charge in [0.1, 0.15) is 5.75 Å². The van der Waals surface area contributed by atoms with E-state index in [1.165, 1.54) is 5.56 Å². The van der Waals surface area contributed by atoms with E-state index in [4.69, 9.17) is 10.5 Å². The third kappa shape index (κ3) is 4.56. The summed E-state index contributed by atoms with van der Waals surface area (Å²) in [5.41, 5.74) is 9.02. The van der Waals surface area contributed by atoms with Crippen LogP contribution in [-0.4, -0.2) is 25.6 Å². The summed E-state index contributed by atoms with van der Waals surface area (Å²) in [4.78, 5) is 11.7. The molecule has 0 saturated carbocycles. The molecule has 0 saturated heterocycles. The fourth-order valence-corrected chi connectivity index (χ4v) is 2.11. The van der Waals surface area contributed by atoms with Gasteiger partial charge in [0.15, 0.2) is 0 Å². The molecule has 1 rings (SSSR count). The van der Waals surface area contributed by atoms with Crippen molar-refractivity contribution in [2.45, 2.75) is 39.7 Å².